The van der Waals surface area contributed by atoms with E-state index in [4.69, 9.17) is 5.11 Å². The number of hydrazone groups is 1. The number of carboxylic acid groups (broad SMARTS) is 1. The molecule has 0 atom stereocenters. The number of rotatable bonds is 5. The molecule has 3 aromatic rings. The third-order valence-electron chi connectivity index (χ3n) is 4.95. The number of benzene rings is 2. The van der Waals surface area contributed by atoms with Crippen molar-refractivity contribution in [1.29, 1.82) is 0 Å². The van der Waals surface area contributed by atoms with Crippen molar-refractivity contribution >= 4 is 44.9 Å². The van der Waals surface area contributed by atoms with Crippen molar-refractivity contribution in [3.63, 3.8) is 0 Å². The molecular formula is C24H23BrN2O4S. The first-order chi connectivity index (χ1) is 15.0. The maximum absolute atomic E-state index is 12.4. The van der Waals surface area contributed by atoms with Gasteiger partial charge in [0.25, 0.3) is 5.91 Å². The van der Waals surface area contributed by atoms with Crippen LogP contribution in [-0.4, -0.2) is 27.8 Å². The number of aromatic hydroxyl groups is 1. The number of carbonyl (C=O) groups is 2. The molecule has 0 bridgehead atoms. The number of hydrogen-bond acceptors (Lipinski definition) is 5. The van der Waals surface area contributed by atoms with E-state index in [0.717, 1.165) is 10.4 Å². The molecule has 32 heavy (non-hydrogen) atoms. The lowest BCUT2D eigenvalue weighted by molar-refractivity contribution is 0.0695. The van der Waals surface area contributed by atoms with Gasteiger partial charge in [-0.25, -0.2) is 10.2 Å². The van der Waals surface area contributed by atoms with Crippen LogP contribution in [0, 0.1) is 0 Å². The Kier molecular flexibility index (Phi) is 6.85. The molecule has 0 unspecified atom stereocenters. The van der Waals surface area contributed by atoms with Crippen LogP contribution in [0.2, 0.25) is 0 Å². The van der Waals surface area contributed by atoms with E-state index < -0.39 is 11.9 Å². The van der Waals surface area contributed by atoms with Crippen molar-refractivity contribution in [2.45, 2.75) is 33.1 Å². The van der Waals surface area contributed by atoms with Gasteiger partial charge in [0, 0.05) is 15.4 Å². The van der Waals surface area contributed by atoms with Crippen LogP contribution in [0.5, 0.6) is 5.75 Å². The lowest BCUT2D eigenvalue weighted by atomic mass is 9.86. The Morgan fingerprint density at radius 1 is 1.06 bits per heavy atom. The summed E-state index contributed by atoms with van der Waals surface area (Å²) in [6.07, 6.45) is 0. The van der Waals surface area contributed by atoms with E-state index in [0.29, 0.717) is 15.7 Å². The molecule has 0 radical (unpaired) electrons. The van der Waals surface area contributed by atoms with Crippen LogP contribution < -0.4 is 5.43 Å². The highest BCUT2D eigenvalue weighted by molar-refractivity contribution is 9.10. The fraction of sp³-hybridized carbons (Fsp3) is 0.208. The Hall–Kier alpha value is -2.97. The van der Waals surface area contributed by atoms with Gasteiger partial charge in [-0.15, -0.1) is 11.3 Å². The molecule has 3 rings (SSSR count). The number of carboxylic acids is 1. The summed E-state index contributed by atoms with van der Waals surface area (Å²) in [4.78, 5) is 24.2. The Labute approximate surface area is 198 Å². The first kappa shape index (κ1) is 23.7. The van der Waals surface area contributed by atoms with Gasteiger partial charge in [-0.2, -0.15) is 5.10 Å². The minimum atomic E-state index is -1.09. The Bertz CT molecular complexity index is 1210. The van der Waals surface area contributed by atoms with E-state index in [2.05, 4.69) is 59.4 Å². The molecule has 3 N–H and O–H groups in total. The van der Waals surface area contributed by atoms with Crippen molar-refractivity contribution in [3.05, 3.63) is 74.6 Å². The number of halogens is 1. The highest BCUT2D eigenvalue weighted by Gasteiger charge is 2.18. The zero-order valence-corrected chi connectivity index (χ0v) is 20.5. The lowest BCUT2D eigenvalue weighted by Crippen LogP contribution is -2.19. The maximum atomic E-state index is 12.4. The van der Waals surface area contributed by atoms with Crippen molar-refractivity contribution in [1.82, 2.24) is 5.43 Å². The summed E-state index contributed by atoms with van der Waals surface area (Å²) in [7, 11) is 0. The molecule has 0 fully saturated rings. The monoisotopic (exact) mass is 514 g/mol. The molecule has 166 valence electrons. The van der Waals surface area contributed by atoms with Crippen molar-refractivity contribution in [2.24, 2.45) is 5.10 Å². The minimum absolute atomic E-state index is 0.0478. The quantitative estimate of drug-likeness (QED) is 0.285. The summed E-state index contributed by atoms with van der Waals surface area (Å²) in [5.41, 5.74) is 5.92. The molecule has 8 heteroatoms. The van der Waals surface area contributed by atoms with E-state index >= 15 is 0 Å². The van der Waals surface area contributed by atoms with Crippen LogP contribution >= 0.6 is 27.3 Å². The highest BCUT2D eigenvalue weighted by atomic mass is 79.9. The Morgan fingerprint density at radius 3 is 2.28 bits per heavy atom. The summed E-state index contributed by atoms with van der Waals surface area (Å²) < 4.78 is 0.302. The summed E-state index contributed by atoms with van der Waals surface area (Å²) in [5, 5.41) is 25.7. The summed E-state index contributed by atoms with van der Waals surface area (Å²) >= 11 is 4.56. The Morgan fingerprint density at radius 2 is 1.72 bits per heavy atom. The van der Waals surface area contributed by atoms with E-state index in [1.807, 2.05) is 12.1 Å². The number of carbonyl (C=O) groups excluding carboxylic acids is 1. The second-order valence-corrected chi connectivity index (χ2v) is 10.0. The summed E-state index contributed by atoms with van der Waals surface area (Å²) in [6, 6.07) is 12.3. The molecule has 0 saturated heterocycles. The van der Waals surface area contributed by atoms with Crippen LogP contribution in [0.1, 0.15) is 59.5 Å². The van der Waals surface area contributed by atoms with Gasteiger partial charge in [-0.1, -0.05) is 45.0 Å². The third kappa shape index (κ3) is 5.08. The van der Waals surface area contributed by atoms with Crippen LogP contribution in [-0.2, 0) is 5.41 Å². The smallest absolute Gasteiger partial charge is 0.336 e. The number of thiophene rings is 1. The molecule has 0 spiro atoms. The number of amides is 1. The molecule has 0 aliphatic carbocycles. The Balaban J connectivity index is 1.78. The number of aromatic carboxylic acids is 1. The molecule has 0 aliphatic heterocycles. The number of nitrogens with one attached hydrogen (secondary N) is 1. The van der Waals surface area contributed by atoms with Gasteiger partial charge < -0.3 is 10.2 Å². The van der Waals surface area contributed by atoms with Gasteiger partial charge >= 0.3 is 5.97 Å². The van der Waals surface area contributed by atoms with Crippen LogP contribution in [0.3, 0.4) is 0 Å². The maximum Gasteiger partial charge on any atom is 0.336 e. The van der Waals surface area contributed by atoms with Gasteiger partial charge in [0.1, 0.15) is 5.75 Å². The fourth-order valence-corrected chi connectivity index (χ4v) is 4.58. The zero-order chi connectivity index (χ0) is 23.6. The minimum Gasteiger partial charge on any atom is -0.506 e. The predicted octanol–water partition coefficient (Wildman–Crippen LogP) is 6.03. The second kappa shape index (κ2) is 9.26. The molecule has 1 heterocycles. The van der Waals surface area contributed by atoms with Crippen LogP contribution in [0.25, 0.3) is 10.4 Å². The fourth-order valence-electron chi connectivity index (χ4n) is 3.02. The van der Waals surface area contributed by atoms with Crippen LogP contribution in [0.15, 0.2) is 57.4 Å². The van der Waals surface area contributed by atoms with Gasteiger partial charge in [0.15, 0.2) is 0 Å². The van der Waals surface area contributed by atoms with Gasteiger partial charge in [0.2, 0.25) is 0 Å². The van der Waals surface area contributed by atoms with Gasteiger partial charge in [0.05, 0.1) is 21.7 Å². The average molecular weight is 515 g/mol. The van der Waals surface area contributed by atoms with Gasteiger partial charge in [-0.3, -0.25) is 4.79 Å². The topological polar surface area (TPSA) is 99.0 Å². The molecule has 0 saturated carbocycles. The van der Waals surface area contributed by atoms with Crippen molar-refractivity contribution < 1.29 is 19.8 Å². The summed E-state index contributed by atoms with van der Waals surface area (Å²) in [5.74, 6) is -1.47. The largest absolute Gasteiger partial charge is 0.506 e. The summed E-state index contributed by atoms with van der Waals surface area (Å²) in [6.45, 7) is 8.14. The molecule has 1 amide bonds. The van der Waals surface area contributed by atoms with E-state index in [1.54, 1.807) is 12.3 Å². The number of hydrogen-bond donors (Lipinski definition) is 3. The average Bonchev–Trinajstić information content (AvgIpc) is 3.12. The predicted molar refractivity (Wildman–Crippen MR) is 131 cm³/mol. The molecule has 0 aliphatic rings. The standard InChI is InChI=1S/C24H23BrN2O4S/c1-13(26-27-22(29)15-7-10-17(23(30)31)19(25)11-15)18-12-32-21(20(18)28)14-5-8-16(9-6-14)24(2,3)4/h5-12,28H,1-4H3,(H,27,29)(H,30,31)/b26-13-. The highest BCUT2D eigenvalue weighted by Crippen LogP contribution is 2.39. The molecule has 6 nitrogen and oxygen atoms in total. The first-order valence-corrected chi connectivity index (χ1v) is 11.5. The molecular weight excluding hydrogens is 492 g/mol. The lowest BCUT2D eigenvalue weighted by Gasteiger charge is -2.19. The molecule has 1 aromatic heterocycles. The second-order valence-electron chi connectivity index (χ2n) is 8.29. The van der Waals surface area contributed by atoms with E-state index in [-0.39, 0.29) is 22.3 Å². The van der Waals surface area contributed by atoms with Crippen LogP contribution in [0.4, 0.5) is 0 Å². The van der Waals surface area contributed by atoms with E-state index in [9.17, 15) is 14.7 Å². The van der Waals surface area contributed by atoms with Crippen molar-refractivity contribution in [3.8, 4) is 16.2 Å². The first-order valence-electron chi connectivity index (χ1n) is 9.78. The van der Waals surface area contributed by atoms with Gasteiger partial charge in [-0.05, 0) is 57.6 Å². The molecule has 2 aromatic carbocycles. The zero-order valence-electron chi connectivity index (χ0n) is 18.1. The third-order valence-corrected chi connectivity index (χ3v) is 6.63. The van der Waals surface area contributed by atoms with E-state index in [1.165, 1.54) is 35.1 Å². The van der Waals surface area contributed by atoms with Crippen molar-refractivity contribution in [2.75, 3.05) is 0 Å². The SMILES string of the molecule is C/C(=N/NC(=O)c1ccc(C(=O)O)c(Br)c1)c1csc(-c2ccc(C(C)(C)C)cc2)c1O. The normalized spacial score (nSPS) is 12.0. The number of nitrogens with zero attached hydrogens (tertiary/aromatic N) is 1.